The van der Waals surface area contributed by atoms with Crippen molar-refractivity contribution >= 4 is 39.4 Å². The number of anilines is 1. The van der Waals surface area contributed by atoms with Crippen LogP contribution in [0.3, 0.4) is 0 Å². The van der Waals surface area contributed by atoms with E-state index in [4.69, 9.17) is 4.74 Å². The van der Waals surface area contributed by atoms with Gasteiger partial charge in [-0.2, -0.15) is 4.98 Å². The van der Waals surface area contributed by atoms with Gasteiger partial charge in [-0.1, -0.05) is 6.07 Å². The molecule has 172 valence electrons. The second-order valence-electron chi connectivity index (χ2n) is 7.77. The fourth-order valence-corrected chi connectivity index (χ4v) is 4.84. The summed E-state index contributed by atoms with van der Waals surface area (Å²) >= 11 is 1.24. The van der Waals surface area contributed by atoms with Crippen LogP contribution in [0.2, 0.25) is 0 Å². The number of nitrogens with zero attached hydrogens (tertiary/aromatic N) is 5. The van der Waals surface area contributed by atoms with Gasteiger partial charge >= 0.3 is 0 Å². The zero-order chi connectivity index (χ0) is 23.7. The molecule has 0 radical (unpaired) electrons. The van der Waals surface area contributed by atoms with Crippen LogP contribution in [-0.4, -0.2) is 70.4 Å². The number of aldehydes is 1. The normalized spacial score (nSPS) is 13.8. The summed E-state index contributed by atoms with van der Waals surface area (Å²) in [6.07, 6.45) is 2.42. The summed E-state index contributed by atoms with van der Waals surface area (Å²) in [5.74, 6) is 0.580. The highest BCUT2D eigenvalue weighted by atomic mass is 32.1. The number of benzene rings is 1. The molecule has 0 unspecified atom stereocenters. The van der Waals surface area contributed by atoms with Crippen molar-refractivity contribution in [2.75, 3.05) is 38.2 Å². The molecule has 1 aromatic carbocycles. The van der Waals surface area contributed by atoms with Gasteiger partial charge in [0.05, 0.1) is 12.7 Å². The molecule has 0 bridgehead atoms. The molecule has 0 spiro atoms. The Morgan fingerprint density at radius 3 is 2.68 bits per heavy atom. The lowest BCUT2D eigenvalue weighted by molar-refractivity contribution is 0.0749. The summed E-state index contributed by atoms with van der Waals surface area (Å²) in [6.45, 7) is 2.24. The van der Waals surface area contributed by atoms with Gasteiger partial charge in [0.1, 0.15) is 27.9 Å². The van der Waals surface area contributed by atoms with Crippen LogP contribution >= 0.6 is 11.3 Å². The average molecular weight is 476 g/mol. The van der Waals surface area contributed by atoms with Crippen molar-refractivity contribution in [3.8, 4) is 23.1 Å². The van der Waals surface area contributed by atoms with Gasteiger partial charge in [-0.15, -0.1) is 11.3 Å². The third kappa shape index (κ3) is 4.03. The SMILES string of the molecule is COc1cc(C=O)cc(N2CCN(C(=O)c3csc4c(O)nc(-c5ccccn5)nc34)CC2)c1. The van der Waals surface area contributed by atoms with Crippen LogP contribution in [0, 0.1) is 0 Å². The van der Waals surface area contributed by atoms with Crippen LogP contribution in [-0.2, 0) is 0 Å². The number of methoxy groups -OCH3 is 1. The van der Waals surface area contributed by atoms with E-state index in [0.717, 1.165) is 12.0 Å². The van der Waals surface area contributed by atoms with Crippen molar-refractivity contribution in [2.45, 2.75) is 0 Å². The number of carbonyl (C=O) groups excluding carboxylic acids is 2. The van der Waals surface area contributed by atoms with Crippen molar-refractivity contribution in [3.05, 3.63) is 59.1 Å². The average Bonchev–Trinajstić information content (AvgIpc) is 3.33. The molecule has 0 atom stereocenters. The minimum Gasteiger partial charge on any atom is -0.497 e. The quantitative estimate of drug-likeness (QED) is 0.438. The zero-order valence-corrected chi connectivity index (χ0v) is 19.2. The topological polar surface area (TPSA) is 109 Å². The van der Waals surface area contributed by atoms with Gasteiger partial charge < -0.3 is 19.6 Å². The third-order valence-corrected chi connectivity index (χ3v) is 6.70. The zero-order valence-electron chi connectivity index (χ0n) is 18.3. The molecule has 1 N–H and O–H groups in total. The van der Waals surface area contributed by atoms with E-state index >= 15 is 0 Å². The number of pyridine rings is 1. The van der Waals surface area contributed by atoms with Gasteiger partial charge in [0.25, 0.3) is 5.91 Å². The van der Waals surface area contributed by atoms with Gasteiger partial charge in [-0.3, -0.25) is 14.6 Å². The first-order chi connectivity index (χ1) is 16.6. The Balaban J connectivity index is 1.37. The fraction of sp³-hybridized carbons (Fsp3) is 0.208. The van der Waals surface area contributed by atoms with E-state index in [0.29, 0.717) is 59.0 Å². The molecular formula is C24H21N5O4S. The van der Waals surface area contributed by atoms with Crippen LogP contribution in [0.1, 0.15) is 20.7 Å². The lowest BCUT2D eigenvalue weighted by Gasteiger charge is -2.36. The second kappa shape index (κ2) is 9.06. The number of ether oxygens (including phenoxy) is 1. The highest BCUT2D eigenvalue weighted by Crippen LogP contribution is 2.33. The van der Waals surface area contributed by atoms with Crippen LogP contribution in [0.4, 0.5) is 5.69 Å². The van der Waals surface area contributed by atoms with Crippen molar-refractivity contribution in [1.82, 2.24) is 19.9 Å². The maximum absolute atomic E-state index is 13.4. The first-order valence-corrected chi connectivity index (χ1v) is 11.5. The number of fused-ring (bicyclic) bond motifs is 1. The van der Waals surface area contributed by atoms with Crippen molar-refractivity contribution in [3.63, 3.8) is 0 Å². The monoisotopic (exact) mass is 475 g/mol. The number of amides is 1. The van der Waals surface area contributed by atoms with E-state index in [9.17, 15) is 14.7 Å². The summed E-state index contributed by atoms with van der Waals surface area (Å²) in [4.78, 5) is 41.5. The van der Waals surface area contributed by atoms with Crippen molar-refractivity contribution in [1.29, 1.82) is 0 Å². The summed E-state index contributed by atoms with van der Waals surface area (Å²) in [7, 11) is 1.57. The van der Waals surface area contributed by atoms with Crippen LogP contribution in [0.15, 0.2) is 48.0 Å². The molecule has 5 rings (SSSR count). The van der Waals surface area contributed by atoms with Gasteiger partial charge in [0, 0.05) is 55.1 Å². The predicted molar refractivity (Wildman–Crippen MR) is 129 cm³/mol. The van der Waals surface area contributed by atoms with E-state index in [-0.39, 0.29) is 17.6 Å². The smallest absolute Gasteiger partial charge is 0.257 e. The Kier molecular flexibility index (Phi) is 5.81. The highest BCUT2D eigenvalue weighted by molar-refractivity contribution is 7.17. The van der Waals surface area contributed by atoms with E-state index in [1.807, 2.05) is 18.2 Å². The largest absolute Gasteiger partial charge is 0.497 e. The predicted octanol–water partition coefficient (Wildman–Crippen LogP) is 3.24. The number of rotatable bonds is 5. The van der Waals surface area contributed by atoms with Crippen LogP contribution < -0.4 is 9.64 Å². The molecule has 4 aromatic rings. The number of thiophene rings is 1. The molecule has 1 aliphatic heterocycles. The number of aromatic nitrogens is 3. The van der Waals surface area contributed by atoms with E-state index in [1.54, 1.807) is 41.8 Å². The Morgan fingerprint density at radius 1 is 1.15 bits per heavy atom. The standard InChI is InChI=1S/C24H21N5O4S/c1-33-17-11-15(13-30)10-16(12-17)28-6-8-29(9-7-28)24(32)18-14-34-21-20(18)26-22(27-23(21)31)19-4-2-3-5-25-19/h2-5,10-14H,6-9H2,1H3,(H,26,27,31). The van der Waals surface area contributed by atoms with Crippen LogP contribution in [0.25, 0.3) is 21.7 Å². The Bertz CT molecular complexity index is 1370. The molecule has 0 aliphatic carbocycles. The lowest BCUT2D eigenvalue weighted by atomic mass is 10.1. The first-order valence-electron chi connectivity index (χ1n) is 10.7. The van der Waals surface area contributed by atoms with E-state index < -0.39 is 0 Å². The molecule has 1 fully saturated rings. The van der Waals surface area contributed by atoms with Gasteiger partial charge in [-0.25, -0.2) is 4.98 Å². The maximum atomic E-state index is 13.4. The van der Waals surface area contributed by atoms with Crippen molar-refractivity contribution < 1.29 is 19.4 Å². The van der Waals surface area contributed by atoms with Gasteiger partial charge in [0.15, 0.2) is 5.82 Å². The number of carbonyl (C=O) groups is 2. The molecule has 4 heterocycles. The molecule has 0 saturated carbocycles. The number of aromatic hydroxyl groups is 1. The number of piperazine rings is 1. The first kappa shape index (κ1) is 21.8. The Morgan fingerprint density at radius 2 is 1.97 bits per heavy atom. The van der Waals surface area contributed by atoms with Gasteiger partial charge in [0.2, 0.25) is 5.88 Å². The fourth-order valence-electron chi connectivity index (χ4n) is 3.98. The molecule has 9 nitrogen and oxygen atoms in total. The summed E-state index contributed by atoms with van der Waals surface area (Å²) in [6, 6.07) is 10.7. The number of hydrogen-bond acceptors (Lipinski definition) is 9. The summed E-state index contributed by atoms with van der Waals surface area (Å²) in [5.41, 5.74) is 2.81. The molecule has 1 saturated heterocycles. The van der Waals surface area contributed by atoms with E-state index in [1.165, 1.54) is 11.3 Å². The van der Waals surface area contributed by atoms with Crippen LogP contribution in [0.5, 0.6) is 11.6 Å². The number of hydrogen-bond donors (Lipinski definition) is 1. The molecule has 10 heteroatoms. The molecule has 1 amide bonds. The Hall–Kier alpha value is -4.05. The minimum absolute atomic E-state index is 0.143. The van der Waals surface area contributed by atoms with Crippen molar-refractivity contribution in [2.24, 2.45) is 0 Å². The van der Waals surface area contributed by atoms with Gasteiger partial charge in [-0.05, 0) is 24.3 Å². The molecule has 34 heavy (non-hydrogen) atoms. The molecule has 1 aliphatic rings. The highest BCUT2D eigenvalue weighted by Gasteiger charge is 2.26. The minimum atomic E-state index is -0.163. The molecule has 3 aromatic heterocycles. The van der Waals surface area contributed by atoms with E-state index in [2.05, 4.69) is 19.9 Å². The molecular weight excluding hydrogens is 454 g/mol. The Labute approximate surface area is 199 Å². The second-order valence-corrected chi connectivity index (χ2v) is 8.65. The third-order valence-electron chi connectivity index (χ3n) is 5.74. The maximum Gasteiger partial charge on any atom is 0.257 e. The summed E-state index contributed by atoms with van der Waals surface area (Å²) in [5, 5.41) is 12.1. The summed E-state index contributed by atoms with van der Waals surface area (Å²) < 4.78 is 5.77. The lowest BCUT2D eigenvalue weighted by Crippen LogP contribution is -2.48.